The van der Waals surface area contributed by atoms with Crippen molar-refractivity contribution in [2.75, 3.05) is 5.32 Å². The first-order valence-corrected chi connectivity index (χ1v) is 8.56. The molecule has 0 spiro atoms. The molecule has 122 valence electrons. The van der Waals surface area contributed by atoms with Crippen molar-refractivity contribution >= 4 is 50.0 Å². The molecular formula is C18H14BrClN2O2. The van der Waals surface area contributed by atoms with Crippen LogP contribution < -0.4 is 10.7 Å². The number of nitrogens with one attached hydrogen (secondary N) is 1. The number of anilines is 1. The molecule has 1 N–H and O–H groups in total. The van der Waals surface area contributed by atoms with Crippen molar-refractivity contribution in [3.8, 4) is 0 Å². The Bertz CT molecular complexity index is 998. The summed E-state index contributed by atoms with van der Waals surface area (Å²) in [5, 5.41) is 3.66. The highest BCUT2D eigenvalue weighted by atomic mass is 79.9. The molecular weight excluding hydrogens is 392 g/mol. The molecule has 24 heavy (non-hydrogen) atoms. The van der Waals surface area contributed by atoms with E-state index in [0.717, 1.165) is 9.99 Å². The van der Waals surface area contributed by atoms with Gasteiger partial charge in [0, 0.05) is 33.3 Å². The largest absolute Gasteiger partial charge is 0.347 e. The van der Waals surface area contributed by atoms with Crippen LogP contribution in [0.3, 0.4) is 0 Å². The first-order valence-electron chi connectivity index (χ1n) is 7.39. The molecule has 0 aliphatic heterocycles. The third-order valence-electron chi connectivity index (χ3n) is 3.71. The number of aryl methyl sites for hydroxylation is 1. The molecule has 1 aromatic heterocycles. The molecule has 4 nitrogen and oxygen atoms in total. The Kier molecular flexibility index (Phi) is 4.73. The third kappa shape index (κ3) is 3.23. The van der Waals surface area contributed by atoms with Crippen molar-refractivity contribution < 1.29 is 4.79 Å². The van der Waals surface area contributed by atoms with E-state index in [0.29, 0.717) is 22.6 Å². The van der Waals surface area contributed by atoms with E-state index >= 15 is 0 Å². The average Bonchev–Trinajstić information content (AvgIpc) is 2.55. The first-order chi connectivity index (χ1) is 11.5. The number of nitrogens with zero attached hydrogens (tertiary/aromatic N) is 1. The minimum Gasteiger partial charge on any atom is -0.347 e. The van der Waals surface area contributed by atoms with E-state index in [2.05, 4.69) is 21.2 Å². The summed E-state index contributed by atoms with van der Waals surface area (Å²) in [5.74, 6) is -0.442. The Morgan fingerprint density at radius 3 is 2.75 bits per heavy atom. The van der Waals surface area contributed by atoms with E-state index in [9.17, 15) is 9.59 Å². The van der Waals surface area contributed by atoms with E-state index in [4.69, 9.17) is 11.6 Å². The molecule has 0 radical (unpaired) electrons. The number of halogens is 2. The lowest BCUT2D eigenvalue weighted by Gasteiger charge is -2.12. The van der Waals surface area contributed by atoms with E-state index in [1.807, 2.05) is 23.6 Å². The van der Waals surface area contributed by atoms with Gasteiger partial charge in [0.05, 0.1) is 5.52 Å². The normalized spacial score (nSPS) is 10.8. The molecule has 3 aromatic rings. The van der Waals surface area contributed by atoms with E-state index < -0.39 is 5.91 Å². The third-order valence-corrected chi connectivity index (χ3v) is 4.44. The summed E-state index contributed by atoms with van der Waals surface area (Å²) in [7, 11) is 0. The van der Waals surface area contributed by atoms with Crippen LogP contribution in [0.1, 0.15) is 17.3 Å². The molecule has 0 bridgehead atoms. The fourth-order valence-corrected chi connectivity index (χ4v) is 3.13. The highest BCUT2D eigenvalue weighted by Gasteiger charge is 2.15. The molecule has 0 atom stereocenters. The van der Waals surface area contributed by atoms with E-state index in [-0.39, 0.29) is 11.0 Å². The van der Waals surface area contributed by atoms with Gasteiger partial charge >= 0.3 is 0 Å². The van der Waals surface area contributed by atoms with Gasteiger partial charge in [-0.25, -0.2) is 0 Å². The molecule has 2 aromatic carbocycles. The molecule has 6 heteroatoms. The zero-order valence-electron chi connectivity index (χ0n) is 12.8. The van der Waals surface area contributed by atoms with Crippen molar-refractivity contribution in [2.45, 2.75) is 13.5 Å². The zero-order valence-corrected chi connectivity index (χ0v) is 15.2. The topological polar surface area (TPSA) is 51.1 Å². The number of hydrogen-bond donors (Lipinski definition) is 1. The summed E-state index contributed by atoms with van der Waals surface area (Å²) < 4.78 is 2.71. The van der Waals surface area contributed by atoms with E-state index in [1.165, 1.54) is 0 Å². The summed E-state index contributed by atoms with van der Waals surface area (Å²) in [6.45, 7) is 2.59. The maximum Gasteiger partial charge on any atom is 0.261 e. The van der Waals surface area contributed by atoms with Gasteiger partial charge in [0.1, 0.15) is 5.56 Å². The Morgan fingerprint density at radius 2 is 2.04 bits per heavy atom. The van der Waals surface area contributed by atoms with Gasteiger partial charge in [-0.05, 0) is 43.3 Å². The summed E-state index contributed by atoms with van der Waals surface area (Å²) in [6.07, 6.45) is 1.59. The van der Waals surface area contributed by atoms with Crippen LogP contribution in [0.4, 0.5) is 5.69 Å². The van der Waals surface area contributed by atoms with Crippen LogP contribution in [0.5, 0.6) is 0 Å². The van der Waals surface area contributed by atoms with Crippen molar-refractivity contribution in [1.82, 2.24) is 4.57 Å². The summed E-state index contributed by atoms with van der Waals surface area (Å²) in [5.41, 5.74) is 1.13. The Morgan fingerprint density at radius 1 is 1.25 bits per heavy atom. The lowest BCUT2D eigenvalue weighted by atomic mass is 10.1. The number of amides is 1. The van der Waals surface area contributed by atoms with Crippen LogP contribution in [-0.2, 0) is 6.54 Å². The van der Waals surface area contributed by atoms with Gasteiger partial charge in [-0.2, -0.15) is 0 Å². The monoisotopic (exact) mass is 404 g/mol. The van der Waals surface area contributed by atoms with Crippen molar-refractivity contribution in [3.05, 3.63) is 73.9 Å². The molecule has 0 aliphatic rings. The minimum atomic E-state index is -0.442. The smallest absolute Gasteiger partial charge is 0.261 e. The molecule has 0 saturated heterocycles. The lowest BCUT2D eigenvalue weighted by Crippen LogP contribution is -2.23. The van der Waals surface area contributed by atoms with Crippen LogP contribution in [0, 0.1) is 0 Å². The van der Waals surface area contributed by atoms with Crippen LogP contribution in [0.2, 0.25) is 5.02 Å². The number of carbonyl (C=O) groups excluding carboxylic acids is 1. The maximum atomic E-state index is 12.7. The molecule has 1 amide bonds. The second-order valence-electron chi connectivity index (χ2n) is 5.28. The number of hydrogen-bond acceptors (Lipinski definition) is 2. The number of fused-ring (bicyclic) bond motifs is 1. The molecule has 0 unspecified atom stereocenters. The zero-order chi connectivity index (χ0) is 17.3. The van der Waals surface area contributed by atoms with Crippen molar-refractivity contribution in [2.24, 2.45) is 0 Å². The predicted octanol–water partition coefficient (Wildman–Crippen LogP) is 4.69. The number of carbonyl (C=O) groups is 1. The van der Waals surface area contributed by atoms with Crippen molar-refractivity contribution in [3.63, 3.8) is 0 Å². The fourth-order valence-electron chi connectivity index (χ4n) is 2.56. The van der Waals surface area contributed by atoms with Crippen LogP contribution >= 0.6 is 27.5 Å². The van der Waals surface area contributed by atoms with Gasteiger partial charge in [-0.15, -0.1) is 0 Å². The lowest BCUT2D eigenvalue weighted by molar-refractivity contribution is 0.102. The number of benzene rings is 2. The van der Waals surface area contributed by atoms with Gasteiger partial charge in [0.2, 0.25) is 5.43 Å². The average molecular weight is 406 g/mol. The quantitative estimate of drug-likeness (QED) is 0.687. The molecule has 3 rings (SSSR count). The van der Waals surface area contributed by atoms with Gasteiger partial charge < -0.3 is 9.88 Å². The number of rotatable bonds is 3. The maximum absolute atomic E-state index is 12.7. The van der Waals surface area contributed by atoms with E-state index in [1.54, 1.807) is 36.5 Å². The van der Waals surface area contributed by atoms with Gasteiger partial charge in [0.25, 0.3) is 5.91 Å². The van der Waals surface area contributed by atoms with Gasteiger partial charge in [-0.1, -0.05) is 33.6 Å². The Hall–Kier alpha value is -2.11. The van der Waals surface area contributed by atoms with Crippen LogP contribution in [0.15, 0.2) is 57.9 Å². The van der Waals surface area contributed by atoms with Crippen LogP contribution in [0.25, 0.3) is 10.9 Å². The van der Waals surface area contributed by atoms with Crippen LogP contribution in [-0.4, -0.2) is 10.5 Å². The molecule has 0 saturated carbocycles. The summed E-state index contributed by atoms with van der Waals surface area (Å²) in [6, 6.07) is 12.3. The van der Waals surface area contributed by atoms with Gasteiger partial charge in [0.15, 0.2) is 0 Å². The second-order valence-corrected chi connectivity index (χ2v) is 6.64. The molecule has 0 fully saturated rings. The van der Waals surface area contributed by atoms with Crippen molar-refractivity contribution in [1.29, 1.82) is 0 Å². The highest BCUT2D eigenvalue weighted by molar-refractivity contribution is 9.10. The number of aromatic nitrogens is 1. The minimum absolute atomic E-state index is 0.0894. The number of pyridine rings is 1. The molecule has 0 aliphatic carbocycles. The fraction of sp³-hybridized carbons (Fsp3) is 0.111. The summed E-state index contributed by atoms with van der Waals surface area (Å²) in [4.78, 5) is 25.3. The predicted molar refractivity (Wildman–Crippen MR) is 101 cm³/mol. The highest BCUT2D eigenvalue weighted by Crippen LogP contribution is 2.19. The Labute approximate surface area is 152 Å². The molecule has 1 heterocycles. The second kappa shape index (κ2) is 6.79. The standard InChI is InChI=1S/C18H14BrClN2O2/c1-2-22-10-15(17(23)14-9-12(20)6-7-16(14)22)18(24)21-13-5-3-4-11(19)8-13/h3-10H,2H2,1H3,(H,21,24). The summed E-state index contributed by atoms with van der Waals surface area (Å²) >= 11 is 9.37. The Balaban J connectivity index is 2.10. The van der Waals surface area contributed by atoms with Gasteiger partial charge in [-0.3, -0.25) is 9.59 Å². The first kappa shape index (κ1) is 16.7. The SMILES string of the molecule is CCn1cc(C(=O)Nc2cccc(Br)c2)c(=O)c2cc(Cl)ccc21.